The quantitative estimate of drug-likeness (QED) is 0.510. The number of ether oxygens (including phenoxy) is 1. The molecule has 0 saturated heterocycles. The van der Waals surface area contributed by atoms with E-state index in [1.54, 1.807) is 20.8 Å². The normalized spacial score (nSPS) is 11.0. The zero-order valence-electron chi connectivity index (χ0n) is 16.6. The Kier molecular flexibility index (Phi) is 5.80. The van der Waals surface area contributed by atoms with Gasteiger partial charge in [-0.1, -0.05) is 17.7 Å². The molecule has 0 amide bonds. The first-order valence-corrected chi connectivity index (χ1v) is 9.82. The number of hydrogen-bond acceptors (Lipinski definition) is 6. The van der Waals surface area contributed by atoms with Gasteiger partial charge in [-0.3, -0.25) is 9.89 Å². The molecule has 2 aromatic heterocycles. The van der Waals surface area contributed by atoms with E-state index in [4.69, 9.17) is 4.74 Å². The summed E-state index contributed by atoms with van der Waals surface area (Å²) in [5.41, 5.74) is 3.45. The van der Waals surface area contributed by atoms with E-state index in [9.17, 15) is 14.9 Å². The van der Waals surface area contributed by atoms with E-state index in [-0.39, 0.29) is 12.2 Å². The third-order valence-electron chi connectivity index (χ3n) is 4.42. The van der Waals surface area contributed by atoms with E-state index in [1.807, 2.05) is 31.2 Å². The Morgan fingerprint density at radius 2 is 2.00 bits per heavy atom. The fourth-order valence-electron chi connectivity index (χ4n) is 2.82. The number of nitriles is 1. The van der Waals surface area contributed by atoms with Crippen molar-refractivity contribution in [2.24, 2.45) is 4.99 Å². The molecule has 2 heterocycles. The van der Waals surface area contributed by atoms with E-state index >= 15 is 0 Å². The maximum absolute atomic E-state index is 12.8. The van der Waals surface area contributed by atoms with Crippen molar-refractivity contribution in [2.75, 3.05) is 6.61 Å². The number of carbonyl (C=O) groups is 1. The first-order valence-electron chi connectivity index (χ1n) is 9.00. The van der Waals surface area contributed by atoms with Crippen LogP contribution in [0.1, 0.15) is 44.5 Å². The largest absolute Gasteiger partial charge is 0.462 e. The Hall–Kier alpha value is -3.44. The summed E-state index contributed by atoms with van der Waals surface area (Å²) in [5, 5.41) is 12.9. The summed E-state index contributed by atoms with van der Waals surface area (Å²) in [4.78, 5) is 29.6. The van der Waals surface area contributed by atoms with Gasteiger partial charge in [0, 0.05) is 11.9 Å². The minimum atomic E-state index is -0.479. The number of benzene rings is 1. The summed E-state index contributed by atoms with van der Waals surface area (Å²) in [6, 6.07) is 9.65. The molecule has 1 N–H and O–H groups in total. The van der Waals surface area contributed by atoms with Crippen molar-refractivity contribution >= 4 is 28.5 Å². The molecule has 3 rings (SSSR count). The van der Waals surface area contributed by atoms with Gasteiger partial charge in [0.25, 0.3) is 5.56 Å². The molecule has 0 spiro atoms. The molecule has 0 saturated carbocycles. The molecule has 7 nitrogen and oxygen atoms in total. The third-order valence-corrected chi connectivity index (χ3v) is 5.60. The average molecular weight is 408 g/mol. The topological polar surface area (TPSA) is 100 Å². The first-order chi connectivity index (χ1) is 13.9. The number of nitrogens with one attached hydrogen (secondary N) is 1. The maximum Gasteiger partial charge on any atom is 0.348 e. The van der Waals surface area contributed by atoms with Gasteiger partial charge in [-0.2, -0.15) is 5.26 Å². The molecule has 0 atom stereocenters. The number of carbonyl (C=O) groups excluding carboxylic acids is 1. The van der Waals surface area contributed by atoms with Crippen LogP contribution in [0.2, 0.25) is 0 Å². The number of aromatic amines is 1. The van der Waals surface area contributed by atoms with Gasteiger partial charge in [-0.15, -0.1) is 11.3 Å². The number of thiophene rings is 1. The molecule has 0 aliphatic heterocycles. The van der Waals surface area contributed by atoms with Crippen LogP contribution in [-0.2, 0) is 4.74 Å². The van der Waals surface area contributed by atoms with Crippen molar-refractivity contribution in [3.63, 3.8) is 0 Å². The maximum atomic E-state index is 12.8. The Morgan fingerprint density at radius 3 is 2.62 bits per heavy atom. The second-order valence-electron chi connectivity index (χ2n) is 6.45. The molecular formula is C21H20N4O3S. The summed E-state index contributed by atoms with van der Waals surface area (Å²) in [5.74, 6) is -0.479. The van der Waals surface area contributed by atoms with Crippen LogP contribution in [0, 0.1) is 32.1 Å². The summed E-state index contributed by atoms with van der Waals surface area (Å²) in [7, 11) is 0. The predicted molar refractivity (Wildman–Crippen MR) is 113 cm³/mol. The average Bonchev–Trinajstić information content (AvgIpc) is 3.16. The van der Waals surface area contributed by atoms with E-state index < -0.39 is 5.97 Å². The monoisotopic (exact) mass is 408 g/mol. The van der Waals surface area contributed by atoms with Crippen molar-refractivity contribution in [3.8, 4) is 11.8 Å². The van der Waals surface area contributed by atoms with Crippen LogP contribution in [0.3, 0.4) is 0 Å². The summed E-state index contributed by atoms with van der Waals surface area (Å²) in [6.07, 6.45) is 1.43. The number of aromatic nitrogens is 2. The molecule has 29 heavy (non-hydrogen) atoms. The van der Waals surface area contributed by atoms with Crippen LogP contribution < -0.4 is 5.56 Å². The van der Waals surface area contributed by atoms with Crippen LogP contribution >= 0.6 is 11.3 Å². The fraction of sp³-hybridized carbons (Fsp3) is 0.238. The van der Waals surface area contributed by atoms with Crippen molar-refractivity contribution in [1.82, 2.24) is 9.78 Å². The van der Waals surface area contributed by atoms with Crippen molar-refractivity contribution < 1.29 is 9.53 Å². The number of hydrogen-bond donors (Lipinski definition) is 1. The molecule has 148 valence electrons. The number of aryl methyl sites for hydroxylation is 2. The lowest BCUT2D eigenvalue weighted by Gasteiger charge is -2.01. The first kappa shape index (κ1) is 20.3. The van der Waals surface area contributed by atoms with Gasteiger partial charge in [0.15, 0.2) is 0 Å². The number of esters is 1. The highest BCUT2D eigenvalue weighted by Crippen LogP contribution is 2.35. The van der Waals surface area contributed by atoms with Gasteiger partial charge in [0.05, 0.1) is 23.4 Å². The van der Waals surface area contributed by atoms with Crippen LogP contribution in [0.25, 0.3) is 5.69 Å². The highest BCUT2D eigenvalue weighted by molar-refractivity contribution is 7.18. The number of aliphatic imine (C=N–C) groups is 1. The summed E-state index contributed by atoms with van der Waals surface area (Å²) < 4.78 is 6.48. The molecule has 0 radical (unpaired) electrons. The van der Waals surface area contributed by atoms with Crippen molar-refractivity contribution in [3.05, 3.63) is 67.4 Å². The number of nitrogens with zero attached hydrogens (tertiary/aromatic N) is 3. The van der Waals surface area contributed by atoms with Gasteiger partial charge < -0.3 is 4.74 Å². The van der Waals surface area contributed by atoms with Crippen LogP contribution in [0.4, 0.5) is 5.00 Å². The standard InChI is InChI=1S/C21H20N4O3S/c1-5-28-21(27)18-13(3)16(10-22)19(29-18)23-11-17-14(4)24-25(20(17)26)15-8-6-12(2)7-9-15/h6-9,11,24H,5H2,1-4H3. The Balaban J connectivity index is 2.00. The summed E-state index contributed by atoms with van der Waals surface area (Å²) >= 11 is 1.08. The zero-order valence-corrected chi connectivity index (χ0v) is 17.4. The highest BCUT2D eigenvalue weighted by atomic mass is 32.1. The predicted octanol–water partition coefficient (Wildman–Crippen LogP) is 3.95. The molecule has 3 aromatic rings. The third kappa shape index (κ3) is 3.91. The van der Waals surface area contributed by atoms with Crippen LogP contribution in [0.5, 0.6) is 0 Å². The lowest BCUT2D eigenvalue weighted by atomic mass is 10.2. The lowest BCUT2D eigenvalue weighted by Crippen LogP contribution is -2.17. The Morgan fingerprint density at radius 1 is 1.31 bits per heavy atom. The number of H-pyrrole nitrogens is 1. The molecular weight excluding hydrogens is 388 g/mol. The van der Waals surface area contributed by atoms with E-state index in [0.29, 0.717) is 32.3 Å². The Bertz CT molecular complexity index is 1190. The molecule has 0 bridgehead atoms. The van der Waals surface area contributed by atoms with Gasteiger partial charge in [-0.05, 0) is 45.4 Å². The number of rotatable bonds is 5. The van der Waals surface area contributed by atoms with Gasteiger partial charge in [-0.25, -0.2) is 14.5 Å². The SMILES string of the molecule is CCOC(=O)c1sc(N=Cc2c(C)[nH]n(-c3ccc(C)cc3)c2=O)c(C#N)c1C. The van der Waals surface area contributed by atoms with E-state index in [0.717, 1.165) is 22.6 Å². The van der Waals surface area contributed by atoms with Gasteiger partial charge in [0.1, 0.15) is 15.9 Å². The minimum absolute atomic E-state index is 0.243. The Labute approximate surface area is 171 Å². The van der Waals surface area contributed by atoms with Gasteiger partial charge in [0.2, 0.25) is 0 Å². The van der Waals surface area contributed by atoms with Crippen molar-refractivity contribution in [1.29, 1.82) is 5.26 Å². The molecule has 0 aliphatic rings. The lowest BCUT2D eigenvalue weighted by molar-refractivity contribution is 0.0531. The second-order valence-corrected chi connectivity index (χ2v) is 7.45. The molecule has 8 heteroatoms. The molecule has 0 unspecified atom stereocenters. The highest BCUT2D eigenvalue weighted by Gasteiger charge is 2.21. The fourth-order valence-corrected chi connectivity index (χ4v) is 3.82. The minimum Gasteiger partial charge on any atom is -0.462 e. The second kappa shape index (κ2) is 8.29. The van der Waals surface area contributed by atoms with Crippen molar-refractivity contribution in [2.45, 2.75) is 27.7 Å². The summed E-state index contributed by atoms with van der Waals surface area (Å²) in [6.45, 7) is 7.41. The molecule has 1 aromatic carbocycles. The smallest absolute Gasteiger partial charge is 0.348 e. The molecule has 0 fully saturated rings. The van der Waals surface area contributed by atoms with Crippen LogP contribution in [-0.4, -0.2) is 28.6 Å². The van der Waals surface area contributed by atoms with Gasteiger partial charge >= 0.3 is 5.97 Å². The zero-order chi connectivity index (χ0) is 21.1. The van der Waals surface area contributed by atoms with E-state index in [2.05, 4.69) is 16.2 Å². The molecule has 0 aliphatic carbocycles. The van der Waals surface area contributed by atoms with E-state index in [1.165, 1.54) is 10.9 Å². The van der Waals surface area contributed by atoms with Crippen LogP contribution in [0.15, 0.2) is 34.1 Å².